The van der Waals surface area contributed by atoms with Crippen molar-refractivity contribution in [2.75, 3.05) is 13.1 Å². The van der Waals surface area contributed by atoms with Gasteiger partial charge in [-0.1, -0.05) is 0 Å². The van der Waals surface area contributed by atoms with Gasteiger partial charge < -0.3 is 24.3 Å². The molecule has 2 aromatic heterocycles. The number of imidazole rings is 1. The van der Waals surface area contributed by atoms with E-state index in [-0.39, 0.29) is 11.9 Å². The molecule has 0 saturated carbocycles. The van der Waals surface area contributed by atoms with Crippen molar-refractivity contribution in [2.45, 2.75) is 32.4 Å². The number of nitrogens with one attached hydrogen (secondary N) is 1. The van der Waals surface area contributed by atoms with Crippen LogP contribution in [-0.4, -0.2) is 38.7 Å². The molecule has 0 unspecified atom stereocenters. The lowest BCUT2D eigenvalue weighted by Gasteiger charge is -2.33. The first-order valence-corrected chi connectivity index (χ1v) is 8.28. The zero-order valence-corrected chi connectivity index (χ0v) is 14.1. The second-order valence-electron chi connectivity index (χ2n) is 6.34. The predicted molar refractivity (Wildman–Crippen MR) is 88.1 cm³/mol. The van der Waals surface area contributed by atoms with Gasteiger partial charge in [0.1, 0.15) is 23.4 Å². The Labute approximate surface area is 141 Å². The fourth-order valence-electron chi connectivity index (χ4n) is 3.15. The van der Waals surface area contributed by atoms with Crippen molar-refractivity contribution in [1.82, 2.24) is 19.8 Å². The molecule has 0 bridgehead atoms. The van der Waals surface area contributed by atoms with Crippen LogP contribution in [0.4, 0.5) is 4.79 Å². The van der Waals surface area contributed by atoms with Crippen molar-refractivity contribution in [3.05, 3.63) is 41.9 Å². The monoisotopic (exact) mass is 332 g/mol. The second kappa shape index (κ2) is 7.09. The Balaban J connectivity index is 1.47. The van der Waals surface area contributed by atoms with Gasteiger partial charge in [-0.05, 0) is 37.8 Å². The van der Waals surface area contributed by atoms with E-state index in [0.29, 0.717) is 25.5 Å². The Morgan fingerprint density at radius 3 is 2.79 bits per heavy atom. The Morgan fingerprint density at radius 2 is 2.21 bits per heavy atom. The maximum Gasteiger partial charge on any atom is 0.317 e. The summed E-state index contributed by atoms with van der Waals surface area (Å²) >= 11 is 0. The van der Waals surface area contributed by atoms with Gasteiger partial charge in [0, 0.05) is 32.5 Å². The summed E-state index contributed by atoms with van der Waals surface area (Å²) in [4.78, 5) is 18.2. The molecule has 7 nitrogen and oxygen atoms in total. The van der Waals surface area contributed by atoms with Crippen molar-refractivity contribution >= 4 is 6.03 Å². The summed E-state index contributed by atoms with van der Waals surface area (Å²) in [6.07, 6.45) is 4.47. The number of piperidine rings is 1. The minimum atomic E-state index is -0.582. The summed E-state index contributed by atoms with van der Waals surface area (Å²) in [6, 6.07) is 3.66. The van der Waals surface area contributed by atoms with Crippen LogP contribution in [0.3, 0.4) is 0 Å². The minimum absolute atomic E-state index is 0.0889. The minimum Gasteiger partial charge on any atom is -0.465 e. The van der Waals surface area contributed by atoms with Gasteiger partial charge in [-0.2, -0.15) is 0 Å². The molecule has 0 aliphatic carbocycles. The van der Waals surface area contributed by atoms with E-state index in [1.54, 1.807) is 11.1 Å². The molecule has 2 amide bonds. The smallest absolute Gasteiger partial charge is 0.317 e. The highest BCUT2D eigenvalue weighted by atomic mass is 16.3. The number of aromatic nitrogens is 2. The van der Waals surface area contributed by atoms with Crippen molar-refractivity contribution < 1.29 is 14.3 Å². The van der Waals surface area contributed by atoms with E-state index >= 15 is 0 Å². The van der Waals surface area contributed by atoms with E-state index in [1.807, 2.05) is 36.9 Å². The van der Waals surface area contributed by atoms with Crippen LogP contribution < -0.4 is 5.32 Å². The number of hydrogen-bond donors (Lipinski definition) is 2. The van der Waals surface area contributed by atoms with Gasteiger partial charge >= 0.3 is 6.03 Å². The number of urea groups is 1. The Morgan fingerprint density at radius 1 is 1.46 bits per heavy atom. The number of aliphatic hydroxyl groups excluding tert-OH is 1. The first-order chi connectivity index (χ1) is 11.5. The lowest BCUT2D eigenvalue weighted by atomic mass is 9.91. The van der Waals surface area contributed by atoms with Gasteiger partial charge in [0.25, 0.3) is 0 Å². The van der Waals surface area contributed by atoms with E-state index in [4.69, 9.17) is 4.42 Å². The van der Waals surface area contributed by atoms with Crippen molar-refractivity contribution in [3.8, 4) is 0 Å². The number of aliphatic hydroxyl groups is 1. The molecule has 7 heteroatoms. The SMILES string of the molecule is Cc1ccc(CNC(=O)N2CCC([C@H](O)c3nccn3C)CC2)o1. The van der Waals surface area contributed by atoms with E-state index in [9.17, 15) is 9.90 Å². The third kappa shape index (κ3) is 3.62. The number of likely N-dealkylation sites (tertiary alicyclic amines) is 1. The summed E-state index contributed by atoms with van der Waals surface area (Å²) in [5, 5.41) is 13.4. The van der Waals surface area contributed by atoms with E-state index in [1.165, 1.54) is 0 Å². The predicted octanol–water partition coefficient (Wildman–Crippen LogP) is 1.98. The summed E-state index contributed by atoms with van der Waals surface area (Å²) < 4.78 is 7.29. The van der Waals surface area contributed by atoms with Gasteiger partial charge in [0.15, 0.2) is 0 Å². The Kier molecular flexibility index (Phi) is 4.89. The van der Waals surface area contributed by atoms with Crippen molar-refractivity contribution in [1.29, 1.82) is 0 Å². The maximum absolute atomic E-state index is 12.2. The second-order valence-corrected chi connectivity index (χ2v) is 6.34. The summed E-state index contributed by atoms with van der Waals surface area (Å²) in [6.45, 7) is 3.54. The highest BCUT2D eigenvalue weighted by Crippen LogP contribution is 2.29. The summed E-state index contributed by atoms with van der Waals surface area (Å²) in [5.74, 6) is 2.40. The van der Waals surface area contributed by atoms with Crippen molar-refractivity contribution in [3.63, 3.8) is 0 Å². The third-order valence-electron chi connectivity index (χ3n) is 4.61. The number of carbonyl (C=O) groups is 1. The highest BCUT2D eigenvalue weighted by Gasteiger charge is 2.30. The molecular weight excluding hydrogens is 308 g/mol. The number of furan rings is 1. The molecule has 24 heavy (non-hydrogen) atoms. The Hall–Kier alpha value is -2.28. The zero-order valence-electron chi connectivity index (χ0n) is 14.1. The maximum atomic E-state index is 12.2. The molecule has 2 N–H and O–H groups in total. The van der Waals surface area contributed by atoms with Crippen LogP contribution in [0.25, 0.3) is 0 Å². The highest BCUT2D eigenvalue weighted by molar-refractivity contribution is 5.74. The first-order valence-electron chi connectivity index (χ1n) is 8.28. The molecule has 0 spiro atoms. The van der Waals surface area contributed by atoms with Crippen LogP contribution in [0.5, 0.6) is 0 Å². The molecule has 1 saturated heterocycles. The number of nitrogens with zero attached hydrogens (tertiary/aromatic N) is 3. The van der Waals surface area contributed by atoms with E-state index in [2.05, 4.69) is 10.3 Å². The largest absolute Gasteiger partial charge is 0.465 e. The van der Waals surface area contributed by atoms with Gasteiger partial charge in [0.2, 0.25) is 0 Å². The molecule has 0 aromatic carbocycles. The molecule has 1 aliphatic heterocycles. The number of amides is 2. The number of hydrogen-bond acceptors (Lipinski definition) is 4. The zero-order chi connectivity index (χ0) is 17.1. The molecule has 1 fully saturated rings. The number of aryl methyl sites for hydroxylation is 2. The normalized spacial score (nSPS) is 17.0. The van der Waals surface area contributed by atoms with Crippen LogP contribution in [0, 0.1) is 12.8 Å². The number of carbonyl (C=O) groups excluding carboxylic acids is 1. The summed E-state index contributed by atoms with van der Waals surface area (Å²) in [7, 11) is 1.88. The lowest BCUT2D eigenvalue weighted by Crippen LogP contribution is -2.45. The van der Waals surface area contributed by atoms with Crippen LogP contribution >= 0.6 is 0 Å². The molecule has 1 atom stereocenters. The van der Waals surface area contributed by atoms with E-state index < -0.39 is 6.10 Å². The Bertz CT molecular complexity index is 686. The van der Waals surface area contributed by atoms with Crippen LogP contribution in [-0.2, 0) is 13.6 Å². The molecule has 2 aromatic rings. The number of rotatable bonds is 4. The quantitative estimate of drug-likeness (QED) is 0.897. The van der Waals surface area contributed by atoms with Gasteiger partial charge in [0.05, 0.1) is 6.54 Å². The topological polar surface area (TPSA) is 83.5 Å². The van der Waals surface area contributed by atoms with E-state index in [0.717, 1.165) is 24.4 Å². The average molecular weight is 332 g/mol. The third-order valence-corrected chi connectivity index (χ3v) is 4.61. The first kappa shape index (κ1) is 16.6. The van der Waals surface area contributed by atoms with Crippen LogP contribution in [0.2, 0.25) is 0 Å². The van der Waals surface area contributed by atoms with Gasteiger partial charge in [-0.15, -0.1) is 0 Å². The molecular formula is C17H24N4O3. The molecule has 0 radical (unpaired) electrons. The van der Waals surface area contributed by atoms with Gasteiger partial charge in [-0.3, -0.25) is 0 Å². The summed E-state index contributed by atoms with van der Waals surface area (Å²) in [5.41, 5.74) is 0. The molecule has 3 rings (SSSR count). The molecule has 1 aliphatic rings. The molecule has 3 heterocycles. The fraction of sp³-hybridized carbons (Fsp3) is 0.529. The van der Waals surface area contributed by atoms with Crippen molar-refractivity contribution in [2.24, 2.45) is 13.0 Å². The standard InChI is InChI=1S/C17H24N4O3/c1-12-3-4-14(24-12)11-19-17(23)21-8-5-13(6-9-21)15(22)16-18-7-10-20(16)2/h3-4,7,10,13,15,22H,5-6,8-9,11H2,1-2H3,(H,19,23)/t15-/m0/s1. The lowest BCUT2D eigenvalue weighted by molar-refractivity contribution is 0.0583. The molecule has 130 valence electrons. The van der Waals surface area contributed by atoms with Gasteiger partial charge in [-0.25, -0.2) is 9.78 Å². The fourth-order valence-corrected chi connectivity index (χ4v) is 3.15. The average Bonchev–Trinajstić information content (AvgIpc) is 3.20. The van der Waals surface area contributed by atoms with Crippen LogP contribution in [0.15, 0.2) is 28.9 Å². The van der Waals surface area contributed by atoms with Crippen LogP contribution in [0.1, 0.15) is 36.3 Å².